The Morgan fingerprint density at radius 3 is 2.41 bits per heavy atom. The van der Waals surface area contributed by atoms with Gasteiger partial charge in [0.25, 0.3) is 0 Å². The third-order valence-electron chi connectivity index (χ3n) is 5.73. The molecule has 29 heavy (non-hydrogen) atoms. The number of hydrogen-bond donors (Lipinski definition) is 1. The van der Waals surface area contributed by atoms with Crippen molar-refractivity contribution in [3.05, 3.63) is 53.6 Å². The van der Waals surface area contributed by atoms with Gasteiger partial charge in [-0.25, -0.2) is 0 Å². The van der Waals surface area contributed by atoms with Crippen molar-refractivity contribution >= 4 is 28.9 Å². The molecule has 1 saturated heterocycles. The van der Waals surface area contributed by atoms with Crippen LogP contribution in [-0.4, -0.2) is 31.4 Å². The zero-order valence-electron chi connectivity index (χ0n) is 17.9. The lowest BCUT2D eigenvalue weighted by Crippen LogP contribution is -2.29. The molecule has 2 aromatic rings. The summed E-state index contributed by atoms with van der Waals surface area (Å²) in [6, 6.07) is 14.0. The zero-order valence-corrected chi connectivity index (χ0v) is 17.9. The van der Waals surface area contributed by atoms with Crippen molar-refractivity contribution in [1.82, 2.24) is 0 Å². The molecule has 1 N–H and O–H groups in total. The second-order valence-electron chi connectivity index (χ2n) is 7.55. The molecule has 3 rings (SSSR count). The van der Waals surface area contributed by atoms with Crippen LogP contribution in [0.3, 0.4) is 0 Å². The molecular formula is C24H31N3O2. The first-order chi connectivity index (χ1) is 14.0. The highest BCUT2D eigenvalue weighted by Crippen LogP contribution is 2.32. The topological polar surface area (TPSA) is 52.7 Å². The average molecular weight is 394 g/mol. The summed E-state index contributed by atoms with van der Waals surface area (Å²) in [5, 5.41) is 2.99. The highest BCUT2D eigenvalue weighted by atomic mass is 16.2. The normalized spacial score (nSPS) is 16.2. The molecule has 0 bridgehead atoms. The minimum absolute atomic E-state index is 0.0195. The smallest absolute Gasteiger partial charge is 0.229 e. The summed E-state index contributed by atoms with van der Waals surface area (Å²) in [6.07, 6.45) is 1.11. The Morgan fingerprint density at radius 1 is 1.10 bits per heavy atom. The molecule has 0 saturated carbocycles. The molecule has 154 valence electrons. The third-order valence-corrected chi connectivity index (χ3v) is 5.73. The number of carbonyl (C=O) groups excluding carboxylic acids is 2. The lowest BCUT2D eigenvalue weighted by atomic mass is 10.0. The number of aryl methyl sites for hydroxylation is 2. The lowest BCUT2D eigenvalue weighted by molar-refractivity contribution is -0.122. The summed E-state index contributed by atoms with van der Waals surface area (Å²) in [7, 11) is 0. The fraction of sp³-hybridized carbons (Fsp3) is 0.417. The monoisotopic (exact) mass is 393 g/mol. The summed E-state index contributed by atoms with van der Waals surface area (Å²) in [6.45, 7) is 10.7. The summed E-state index contributed by atoms with van der Waals surface area (Å²) in [5.41, 5.74) is 5.10. The number of benzene rings is 2. The van der Waals surface area contributed by atoms with Crippen LogP contribution >= 0.6 is 0 Å². The van der Waals surface area contributed by atoms with Crippen LogP contribution in [-0.2, 0) is 16.0 Å². The van der Waals surface area contributed by atoms with Crippen LogP contribution in [0.2, 0.25) is 0 Å². The molecule has 1 unspecified atom stereocenters. The maximum Gasteiger partial charge on any atom is 0.229 e. The molecule has 2 aromatic carbocycles. The number of anilines is 3. The molecule has 1 atom stereocenters. The first-order valence-corrected chi connectivity index (χ1v) is 10.5. The maximum atomic E-state index is 12.8. The van der Waals surface area contributed by atoms with Gasteiger partial charge < -0.3 is 15.1 Å². The summed E-state index contributed by atoms with van der Waals surface area (Å²) < 4.78 is 0. The Bertz CT molecular complexity index is 872. The minimum Gasteiger partial charge on any atom is -0.372 e. The van der Waals surface area contributed by atoms with Crippen LogP contribution in [0.5, 0.6) is 0 Å². The molecule has 1 heterocycles. The first-order valence-electron chi connectivity index (χ1n) is 10.5. The van der Waals surface area contributed by atoms with Crippen LogP contribution in [0, 0.1) is 12.8 Å². The van der Waals surface area contributed by atoms with Crippen molar-refractivity contribution in [2.45, 2.75) is 40.5 Å². The number of rotatable bonds is 7. The van der Waals surface area contributed by atoms with Gasteiger partial charge >= 0.3 is 0 Å². The molecule has 2 amide bonds. The van der Waals surface area contributed by atoms with E-state index in [4.69, 9.17) is 0 Å². The van der Waals surface area contributed by atoms with Crippen molar-refractivity contribution in [2.24, 2.45) is 5.92 Å². The Morgan fingerprint density at radius 2 is 1.79 bits per heavy atom. The Labute approximate surface area is 173 Å². The van der Waals surface area contributed by atoms with Crippen molar-refractivity contribution < 1.29 is 9.59 Å². The molecule has 0 radical (unpaired) electrons. The molecule has 0 aliphatic carbocycles. The standard InChI is InChI=1S/C24H31N3O2/c1-5-18-10-8-9-17(4)23(18)27-16-19(15-22(27)28)24(29)25-20-11-13-21(14-12-20)26(6-2)7-3/h8-14,19H,5-7,15-16H2,1-4H3,(H,25,29). The predicted octanol–water partition coefficient (Wildman–Crippen LogP) is 4.40. The van der Waals surface area contributed by atoms with E-state index in [1.807, 2.05) is 43.3 Å². The number of amides is 2. The van der Waals surface area contributed by atoms with E-state index in [-0.39, 0.29) is 24.2 Å². The van der Waals surface area contributed by atoms with E-state index < -0.39 is 0 Å². The van der Waals surface area contributed by atoms with Gasteiger partial charge in [-0.2, -0.15) is 0 Å². The zero-order chi connectivity index (χ0) is 21.0. The molecule has 5 nitrogen and oxygen atoms in total. The molecule has 1 aliphatic heterocycles. The van der Waals surface area contributed by atoms with E-state index in [9.17, 15) is 9.59 Å². The maximum absolute atomic E-state index is 12.8. The van der Waals surface area contributed by atoms with Crippen LogP contribution in [0.1, 0.15) is 38.3 Å². The van der Waals surface area contributed by atoms with E-state index in [0.717, 1.165) is 47.7 Å². The van der Waals surface area contributed by atoms with Crippen molar-refractivity contribution in [1.29, 1.82) is 0 Å². The second kappa shape index (κ2) is 9.12. The highest BCUT2D eigenvalue weighted by molar-refractivity contribution is 6.04. The van der Waals surface area contributed by atoms with Crippen LogP contribution in [0.15, 0.2) is 42.5 Å². The predicted molar refractivity (Wildman–Crippen MR) is 120 cm³/mol. The minimum atomic E-state index is -0.339. The van der Waals surface area contributed by atoms with Gasteiger partial charge in [0.05, 0.1) is 5.92 Å². The van der Waals surface area contributed by atoms with Crippen LogP contribution in [0.25, 0.3) is 0 Å². The van der Waals surface area contributed by atoms with Crippen molar-refractivity contribution in [2.75, 3.05) is 34.8 Å². The van der Waals surface area contributed by atoms with Gasteiger partial charge in [-0.3, -0.25) is 9.59 Å². The first kappa shape index (κ1) is 20.9. The van der Waals surface area contributed by atoms with Gasteiger partial charge in [-0.1, -0.05) is 25.1 Å². The summed E-state index contributed by atoms with van der Waals surface area (Å²) in [4.78, 5) is 29.5. The SMILES string of the molecule is CCc1cccc(C)c1N1CC(C(=O)Nc2ccc(N(CC)CC)cc2)CC1=O. The Kier molecular flexibility index (Phi) is 6.57. The van der Waals surface area contributed by atoms with Gasteiger partial charge in [0, 0.05) is 43.1 Å². The van der Waals surface area contributed by atoms with E-state index >= 15 is 0 Å². The lowest BCUT2D eigenvalue weighted by Gasteiger charge is -2.22. The van der Waals surface area contributed by atoms with Crippen molar-refractivity contribution in [3.63, 3.8) is 0 Å². The average Bonchev–Trinajstić information content (AvgIpc) is 3.11. The number of para-hydroxylation sites is 1. The van der Waals surface area contributed by atoms with Gasteiger partial charge in [0.15, 0.2) is 0 Å². The molecule has 1 aliphatic rings. The van der Waals surface area contributed by atoms with Gasteiger partial charge in [0.1, 0.15) is 0 Å². The van der Waals surface area contributed by atoms with Gasteiger partial charge in [-0.15, -0.1) is 0 Å². The van der Waals surface area contributed by atoms with Gasteiger partial charge in [0.2, 0.25) is 11.8 Å². The number of nitrogens with zero attached hydrogens (tertiary/aromatic N) is 2. The number of hydrogen-bond acceptors (Lipinski definition) is 3. The Balaban J connectivity index is 1.70. The van der Waals surface area contributed by atoms with Gasteiger partial charge in [-0.05, 0) is 62.6 Å². The molecule has 5 heteroatoms. The van der Waals surface area contributed by atoms with E-state index in [1.165, 1.54) is 0 Å². The molecule has 0 aromatic heterocycles. The van der Waals surface area contributed by atoms with Crippen LogP contribution in [0.4, 0.5) is 17.1 Å². The fourth-order valence-corrected chi connectivity index (χ4v) is 4.08. The van der Waals surface area contributed by atoms with Crippen molar-refractivity contribution in [3.8, 4) is 0 Å². The third kappa shape index (κ3) is 4.44. The second-order valence-corrected chi connectivity index (χ2v) is 7.55. The Hall–Kier alpha value is -2.82. The molecule has 0 spiro atoms. The summed E-state index contributed by atoms with van der Waals surface area (Å²) >= 11 is 0. The van der Waals surface area contributed by atoms with Crippen LogP contribution < -0.4 is 15.1 Å². The molecular weight excluding hydrogens is 362 g/mol. The highest BCUT2D eigenvalue weighted by Gasteiger charge is 2.36. The largest absolute Gasteiger partial charge is 0.372 e. The fourth-order valence-electron chi connectivity index (χ4n) is 4.08. The number of carbonyl (C=O) groups is 2. The molecule has 1 fully saturated rings. The number of nitrogens with one attached hydrogen (secondary N) is 1. The summed E-state index contributed by atoms with van der Waals surface area (Å²) in [5.74, 6) is -0.414. The van der Waals surface area contributed by atoms with E-state index in [2.05, 4.69) is 37.1 Å². The quantitative estimate of drug-likeness (QED) is 0.759. The van der Waals surface area contributed by atoms with E-state index in [0.29, 0.717) is 6.54 Å². The van der Waals surface area contributed by atoms with E-state index in [1.54, 1.807) is 4.90 Å².